The highest BCUT2D eigenvalue weighted by Gasteiger charge is 2.14. The molecule has 20 heavy (non-hydrogen) atoms. The summed E-state index contributed by atoms with van der Waals surface area (Å²) in [7, 11) is 0. The standard InChI is InChI=1S/C16H23N3O/c1-12-7-8-15(20-12)16-14(11-18-19-16)10-17-9-13-5-3-2-4-6-13/h7-8,11,13,17H,2-6,9-10H2,1H3,(H,18,19). The lowest BCUT2D eigenvalue weighted by atomic mass is 9.89. The number of furan rings is 1. The Labute approximate surface area is 120 Å². The molecular weight excluding hydrogens is 250 g/mol. The zero-order valence-electron chi connectivity index (χ0n) is 12.1. The van der Waals surface area contributed by atoms with Crippen LogP contribution in [0.15, 0.2) is 22.7 Å². The molecule has 1 saturated carbocycles. The Hall–Kier alpha value is -1.55. The number of nitrogens with zero attached hydrogens (tertiary/aromatic N) is 1. The first-order chi connectivity index (χ1) is 9.83. The second kappa shape index (κ2) is 6.27. The van der Waals surface area contributed by atoms with Crippen molar-refractivity contribution in [3.63, 3.8) is 0 Å². The predicted octanol–water partition coefficient (Wildman–Crippen LogP) is 3.65. The second-order valence-corrected chi connectivity index (χ2v) is 5.82. The Bertz CT molecular complexity index is 537. The van der Waals surface area contributed by atoms with E-state index in [2.05, 4.69) is 15.5 Å². The average Bonchev–Trinajstić information content (AvgIpc) is 3.09. The van der Waals surface area contributed by atoms with Crippen LogP contribution in [0.2, 0.25) is 0 Å². The smallest absolute Gasteiger partial charge is 0.152 e. The molecule has 0 spiro atoms. The molecule has 0 aliphatic heterocycles. The van der Waals surface area contributed by atoms with E-state index in [-0.39, 0.29) is 0 Å². The van der Waals surface area contributed by atoms with Crippen LogP contribution in [0.1, 0.15) is 43.4 Å². The van der Waals surface area contributed by atoms with Gasteiger partial charge in [0.05, 0.1) is 6.20 Å². The van der Waals surface area contributed by atoms with Gasteiger partial charge in [-0.05, 0) is 44.4 Å². The summed E-state index contributed by atoms with van der Waals surface area (Å²) >= 11 is 0. The average molecular weight is 273 g/mol. The number of aromatic nitrogens is 2. The van der Waals surface area contributed by atoms with Crippen LogP contribution < -0.4 is 5.32 Å². The number of rotatable bonds is 5. The molecule has 2 aromatic heterocycles. The van der Waals surface area contributed by atoms with Gasteiger partial charge in [0.25, 0.3) is 0 Å². The van der Waals surface area contributed by atoms with E-state index in [0.29, 0.717) is 0 Å². The van der Waals surface area contributed by atoms with Gasteiger partial charge in [0.2, 0.25) is 0 Å². The van der Waals surface area contributed by atoms with Crippen molar-refractivity contribution in [2.75, 3.05) is 6.54 Å². The maximum absolute atomic E-state index is 5.67. The zero-order chi connectivity index (χ0) is 13.8. The van der Waals surface area contributed by atoms with Crippen molar-refractivity contribution in [2.45, 2.75) is 45.6 Å². The summed E-state index contributed by atoms with van der Waals surface area (Å²) in [5.74, 6) is 2.65. The van der Waals surface area contributed by atoms with Crippen LogP contribution in [0.5, 0.6) is 0 Å². The highest BCUT2D eigenvalue weighted by molar-refractivity contribution is 5.56. The molecule has 0 unspecified atom stereocenters. The fraction of sp³-hybridized carbons (Fsp3) is 0.562. The Kier molecular flexibility index (Phi) is 4.21. The van der Waals surface area contributed by atoms with Crippen molar-refractivity contribution in [3.8, 4) is 11.5 Å². The molecule has 1 aliphatic carbocycles. The molecule has 3 rings (SSSR count). The summed E-state index contributed by atoms with van der Waals surface area (Å²) in [5, 5.41) is 10.8. The van der Waals surface area contributed by atoms with Crippen LogP contribution >= 0.6 is 0 Å². The molecule has 0 aromatic carbocycles. The molecule has 2 N–H and O–H groups in total. The van der Waals surface area contributed by atoms with Crippen molar-refractivity contribution < 1.29 is 4.42 Å². The minimum atomic E-state index is 0.849. The van der Waals surface area contributed by atoms with Gasteiger partial charge in [0, 0.05) is 12.1 Å². The van der Waals surface area contributed by atoms with Gasteiger partial charge in [-0.25, -0.2) is 0 Å². The summed E-state index contributed by atoms with van der Waals surface area (Å²) in [6.07, 6.45) is 8.86. The minimum Gasteiger partial charge on any atom is -0.460 e. The van der Waals surface area contributed by atoms with E-state index in [0.717, 1.165) is 36.2 Å². The first kappa shape index (κ1) is 13.4. The molecule has 0 amide bonds. The molecular formula is C16H23N3O. The van der Waals surface area contributed by atoms with Crippen molar-refractivity contribution >= 4 is 0 Å². The van der Waals surface area contributed by atoms with Gasteiger partial charge in [-0.3, -0.25) is 5.10 Å². The Morgan fingerprint density at radius 1 is 1.30 bits per heavy atom. The lowest BCUT2D eigenvalue weighted by Gasteiger charge is -2.21. The van der Waals surface area contributed by atoms with E-state index in [1.165, 1.54) is 37.7 Å². The van der Waals surface area contributed by atoms with E-state index >= 15 is 0 Å². The normalized spacial score (nSPS) is 16.6. The Morgan fingerprint density at radius 2 is 2.15 bits per heavy atom. The molecule has 0 saturated heterocycles. The maximum Gasteiger partial charge on any atom is 0.152 e. The molecule has 4 nitrogen and oxygen atoms in total. The zero-order valence-corrected chi connectivity index (χ0v) is 12.1. The van der Waals surface area contributed by atoms with Crippen molar-refractivity contribution in [3.05, 3.63) is 29.7 Å². The predicted molar refractivity (Wildman–Crippen MR) is 79.3 cm³/mol. The van der Waals surface area contributed by atoms with Crippen LogP contribution in [-0.2, 0) is 6.54 Å². The van der Waals surface area contributed by atoms with Crippen LogP contribution in [0, 0.1) is 12.8 Å². The van der Waals surface area contributed by atoms with Crippen molar-refractivity contribution in [1.29, 1.82) is 0 Å². The van der Waals surface area contributed by atoms with E-state index in [1.807, 2.05) is 25.3 Å². The van der Waals surface area contributed by atoms with Gasteiger partial charge in [0.1, 0.15) is 11.5 Å². The van der Waals surface area contributed by atoms with E-state index < -0.39 is 0 Å². The van der Waals surface area contributed by atoms with E-state index in [1.54, 1.807) is 0 Å². The molecule has 0 atom stereocenters. The number of aromatic amines is 1. The Balaban J connectivity index is 1.56. The van der Waals surface area contributed by atoms with Gasteiger partial charge in [-0.1, -0.05) is 19.3 Å². The largest absolute Gasteiger partial charge is 0.460 e. The molecule has 2 heterocycles. The molecule has 2 aromatic rings. The van der Waals surface area contributed by atoms with Crippen LogP contribution in [-0.4, -0.2) is 16.7 Å². The molecule has 1 fully saturated rings. The highest BCUT2D eigenvalue weighted by Crippen LogP contribution is 2.24. The number of nitrogens with one attached hydrogen (secondary N) is 2. The summed E-state index contributed by atoms with van der Waals surface area (Å²) in [4.78, 5) is 0. The summed E-state index contributed by atoms with van der Waals surface area (Å²) < 4.78 is 5.67. The minimum absolute atomic E-state index is 0.849. The fourth-order valence-electron chi connectivity index (χ4n) is 3.03. The number of aryl methyl sites for hydroxylation is 1. The van der Waals surface area contributed by atoms with Crippen LogP contribution in [0.25, 0.3) is 11.5 Å². The SMILES string of the molecule is Cc1ccc(-c2[nH]ncc2CNCC2CCCCC2)o1. The molecule has 108 valence electrons. The van der Waals surface area contributed by atoms with Gasteiger partial charge >= 0.3 is 0 Å². The van der Waals surface area contributed by atoms with Crippen molar-refractivity contribution in [1.82, 2.24) is 15.5 Å². The van der Waals surface area contributed by atoms with Gasteiger partial charge < -0.3 is 9.73 Å². The molecule has 0 bridgehead atoms. The number of H-pyrrole nitrogens is 1. The quantitative estimate of drug-likeness (QED) is 0.874. The van der Waals surface area contributed by atoms with Gasteiger partial charge in [-0.2, -0.15) is 5.10 Å². The maximum atomic E-state index is 5.67. The molecule has 1 aliphatic rings. The third-order valence-corrected chi connectivity index (χ3v) is 4.18. The molecule has 0 radical (unpaired) electrons. The van der Waals surface area contributed by atoms with E-state index in [4.69, 9.17) is 4.42 Å². The van der Waals surface area contributed by atoms with E-state index in [9.17, 15) is 0 Å². The molecule has 4 heteroatoms. The number of hydrogen-bond acceptors (Lipinski definition) is 3. The first-order valence-electron chi connectivity index (χ1n) is 7.62. The fourth-order valence-corrected chi connectivity index (χ4v) is 3.03. The first-order valence-corrected chi connectivity index (χ1v) is 7.62. The van der Waals surface area contributed by atoms with Gasteiger partial charge in [-0.15, -0.1) is 0 Å². The van der Waals surface area contributed by atoms with Crippen LogP contribution in [0.4, 0.5) is 0 Å². The van der Waals surface area contributed by atoms with Crippen LogP contribution in [0.3, 0.4) is 0 Å². The monoisotopic (exact) mass is 273 g/mol. The summed E-state index contributed by atoms with van der Waals surface area (Å²) in [5.41, 5.74) is 2.17. The Morgan fingerprint density at radius 3 is 2.90 bits per heavy atom. The number of hydrogen-bond donors (Lipinski definition) is 2. The summed E-state index contributed by atoms with van der Waals surface area (Å²) in [6, 6.07) is 3.98. The van der Waals surface area contributed by atoms with Gasteiger partial charge in [0.15, 0.2) is 5.76 Å². The lowest BCUT2D eigenvalue weighted by Crippen LogP contribution is -2.24. The second-order valence-electron chi connectivity index (χ2n) is 5.82. The third kappa shape index (κ3) is 3.12. The topological polar surface area (TPSA) is 53.9 Å². The third-order valence-electron chi connectivity index (χ3n) is 4.18. The summed E-state index contributed by atoms with van der Waals surface area (Å²) in [6.45, 7) is 3.92. The highest BCUT2D eigenvalue weighted by atomic mass is 16.3. The van der Waals surface area contributed by atoms with Crippen molar-refractivity contribution in [2.24, 2.45) is 5.92 Å². The lowest BCUT2D eigenvalue weighted by molar-refractivity contribution is 0.342.